The quantitative estimate of drug-likeness (QED) is 0.426. The number of benzene rings is 1. The van der Waals surface area contributed by atoms with Gasteiger partial charge in [0.05, 0.1) is 5.97 Å². The van der Waals surface area contributed by atoms with E-state index in [9.17, 15) is 9.90 Å². The van der Waals surface area contributed by atoms with Gasteiger partial charge in [-0.15, -0.1) is 0 Å². The molecule has 0 N–H and O–H groups in total. The summed E-state index contributed by atoms with van der Waals surface area (Å²) in [6.45, 7) is 0. The zero-order chi connectivity index (χ0) is 10.6. The third-order valence-electron chi connectivity index (χ3n) is 1.82. The Morgan fingerprint density at radius 3 is 2.20 bits per heavy atom. The van der Waals surface area contributed by atoms with Crippen molar-refractivity contribution >= 4 is 17.7 Å². The Bertz CT molecular complexity index is 344. The molecule has 0 unspecified atom stereocenters. The Hall–Kier alpha value is -0.134. The van der Waals surface area contributed by atoms with E-state index in [1.54, 1.807) is 0 Å². The number of rotatable bonds is 3. The second-order valence-corrected chi connectivity index (χ2v) is 3.14. The summed E-state index contributed by atoms with van der Waals surface area (Å²) >= 11 is 0. The first-order chi connectivity index (χ1) is 6.59. The first kappa shape index (κ1) is 14.9. The van der Waals surface area contributed by atoms with Crippen LogP contribution in [0.5, 0.6) is 0 Å². The fourth-order valence-electron chi connectivity index (χ4n) is 1.05. The van der Waals surface area contributed by atoms with Crippen molar-refractivity contribution in [2.24, 2.45) is 0 Å². The number of hydrogen-bond acceptors (Lipinski definition) is 3. The normalized spacial score (nSPS) is 9.73. The molecule has 0 radical (unpaired) electrons. The fourth-order valence-corrected chi connectivity index (χ4v) is 1.05. The average Bonchev–Trinajstić information content (AvgIpc) is 2.15. The van der Waals surface area contributed by atoms with E-state index < -0.39 is 5.97 Å². The van der Waals surface area contributed by atoms with Crippen molar-refractivity contribution in [3.63, 3.8) is 0 Å². The second-order valence-electron chi connectivity index (χ2n) is 3.14. The molecule has 0 heterocycles. The van der Waals surface area contributed by atoms with Crippen LogP contribution in [0.2, 0.25) is 0 Å². The number of carbonyl (C=O) groups is 1. The molecule has 0 aliphatic rings. The van der Waals surface area contributed by atoms with Gasteiger partial charge in [-0.25, -0.2) is 0 Å². The predicted octanol–water partition coefficient (Wildman–Crippen LogP) is -2.48. The summed E-state index contributed by atoms with van der Waals surface area (Å²) in [4.78, 5) is 12.1. The van der Waals surface area contributed by atoms with Crippen molar-refractivity contribution in [3.05, 3.63) is 35.9 Å². The van der Waals surface area contributed by atoms with E-state index in [1.807, 2.05) is 43.3 Å². The van der Waals surface area contributed by atoms with Crippen molar-refractivity contribution in [3.8, 4) is 0 Å². The standard InChI is InChI=1S/C11H13NO2.K/c1-12(2)10-6-3-9(4-7-10)5-8-11(13)14;/h3-8H,1-2H3,(H,13,14);/q;+1/p-1. The molecule has 0 aliphatic heterocycles. The van der Waals surface area contributed by atoms with Crippen LogP contribution in [-0.4, -0.2) is 20.1 Å². The molecule has 0 amide bonds. The summed E-state index contributed by atoms with van der Waals surface area (Å²) in [6.07, 6.45) is 2.53. The largest absolute Gasteiger partial charge is 1.00 e. The minimum absolute atomic E-state index is 0. The SMILES string of the molecule is CN(C)c1ccc(C=CC(=O)[O-])cc1.[K+]. The van der Waals surface area contributed by atoms with Crippen molar-refractivity contribution in [1.29, 1.82) is 0 Å². The Balaban J connectivity index is 0.00000196. The first-order valence-electron chi connectivity index (χ1n) is 4.26. The van der Waals surface area contributed by atoms with Crippen LogP contribution < -0.4 is 61.4 Å². The van der Waals surface area contributed by atoms with Gasteiger partial charge in [-0.3, -0.25) is 0 Å². The molecular weight excluding hydrogens is 217 g/mol. The monoisotopic (exact) mass is 229 g/mol. The molecule has 0 fully saturated rings. The molecule has 3 nitrogen and oxygen atoms in total. The molecule has 15 heavy (non-hydrogen) atoms. The van der Waals surface area contributed by atoms with Gasteiger partial charge in [0.25, 0.3) is 0 Å². The molecule has 1 aromatic carbocycles. The number of nitrogens with zero attached hydrogens (tertiary/aromatic N) is 1. The zero-order valence-electron chi connectivity index (χ0n) is 9.23. The van der Waals surface area contributed by atoms with E-state index >= 15 is 0 Å². The van der Waals surface area contributed by atoms with Gasteiger partial charge in [-0.1, -0.05) is 18.2 Å². The third-order valence-corrected chi connectivity index (χ3v) is 1.82. The van der Waals surface area contributed by atoms with Gasteiger partial charge in [0.1, 0.15) is 0 Å². The van der Waals surface area contributed by atoms with Gasteiger partial charge in [-0.05, 0) is 23.8 Å². The van der Waals surface area contributed by atoms with Crippen molar-refractivity contribution < 1.29 is 61.3 Å². The summed E-state index contributed by atoms with van der Waals surface area (Å²) in [7, 11) is 3.90. The van der Waals surface area contributed by atoms with Crippen LogP contribution in [0.15, 0.2) is 30.3 Å². The molecule has 0 atom stereocenters. The summed E-state index contributed by atoms with van der Waals surface area (Å²) in [6, 6.07) is 7.56. The van der Waals surface area contributed by atoms with Gasteiger partial charge in [0, 0.05) is 19.8 Å². The minimum Gasteiger partial charge on any atom is -0.545 e. The summed E-state index contributed by atoms with van der Waals surface area (Å²) < 4.78 is 0. The van der Waals surface area contributed by atoms with E-state index in [0.717, 1.165) is 17.3 Å². The third kappa shape index (κ3) is 5.49. The second kappa shape index (κ2) is 7.19. The number of carboxylic acid groups (broad SMARTS) is 1. The molecule has 0 saturated heterocycles. The van der Waals surface area contributed by atoms with Crippen molar-refractivity contribution in [2.45, 2.75) is 0 Å². The van der Waals surface area contributed by atoms with E-state index in [2.05, 4.69) is 0 Å². The molecule has 74 valence electrons. The van der Waals surface area contributed by atoms with Gasteiger partial charge >= 0.3 is 51.4 Å². The van der Waals surface area contributed by atoms with E-state index in [0.29, 0.717) is 0 Å². The maximum Gasteiger partial charge on any atom is 1.00 e. The maximum absolute atomic E-state index is 10.1. The molecule has 0 bridgehead atoms. The Kier molecular flexibility index (Phi) is 7.13. The Morgan fingerprint density at radius 1 is 1.27 bits per heavy atom. The smallest absolute Gasteiger partial charge is 0.545 e. The number of carboxylic acids is 1. The Morgan fingerprint density at radius 2 is 1.80 bits per heavy atom. The topological polar surface area (TPSA) is 43.4 Å². The molecule has 0 saturated carbocycles. The van der Waals surface area contributed by atoms with Gasteiger partial charge in [-0.2, -0.15) is 0 Å². The summed E-state index contributed by atoms with van der Waals surface area (Å²) in [5.41, 5.74) is 1.93. The molecule has 0 aromatic heterocycles. The zero-order valence-corrected chi connectivity index (χ0v) is 12.4. The van der Waals surface area contributed by atoms with Gasteiger partial charge in [0.15, 0.2) is 0 Å². The van der Waals surface area contributed by atoms with E-state index in [1.165, 1.54) is 6.08 Å². The van der Waals surface area contributed by atoms with Crippen LogP contribution in [0, 0.1) is 0 Å². The van der Waals surface area contributed by atoms with Crippen LogP contribution in [0.4, 0.5) is 5.69 Å². The van der Waals surface area contributed by atoms with Gasteiger partial charge < -0.3 is 14.8 Å². The van der Waals surface area contributed by atoms with E-state index in [-0.39, 0.29) is 51.4 Å². The van der Waals surface area contributed by atoms with Crippen LogP contribution in [0.1, 0.15) is 5.56 Å². The average molecular weight is 229 g/mol. The maximum atomic E-state index is 10.1. The van der Waals surface area contributed by atoms with Crippen LogP contribution in [-0.2, 0) is 4.79 Å². The molecule has 0 spiro atoms. The Labute approximate surface area is 132 Å². The molecule has 1 aromatic rings. The summed E-state index contributed by atoms with van der Waals surface area (Å²) in [5.74, 6) is -1.18. The van der Waals surface area contributed by atoms with Crippen LogP contribution >= 0.6 is 0 Å². The molecule has 4 heteroatoms. The fraction of sp³-hybridized carbons (Fsp3) is 0.182. The molecule has 1 rings (SSSR count). The number of aliphatic carboxylic acids is 1. The minimum atomic E-state index is -1.18. The van der Waals surface area contributed by atoms with Crippen LogP contribution in [0.25, 0.3) is 6.08 Å². The van der Waals surface area contributed by atoms with Crippen LogP contribution in [0.3, 0.4) is 0 Å². The van der Waals surface area contributed by atoms with Crippen molar-refractivity contribution in [2.75, 3.05) is 19.0 Å². The first-order valence-corrected chi connectivity index (χ1v) is 4.26. The van der Waals surface area contributed by atoms with E-state index in [4.69, 9.17) is 0 Å². The molecular formula is C11H12KNO2. The summed E-state index contributed by atoms with van der Waals surface area (Å²) in [5, 5.41) is 10.1. The number of carbonyl (C=O) groups excluding carboxylic acids is 1. The number of hydrogen-bond donors (Lipinski definition) is 0. The number of anilines is 1. The molecule has 0 aliphatic carbocycles. The van der Waals surface area contributed by atoms with Crippen molar-refractivity contribution in [1.82, 2.24) is 0 Å². The van der Waals surface area contributed by atoms with Gasteiger partial charge in [0.2, 0.25) is 0 Å². The predicted molar refractivity (Wildman–Crippen MR) is 54.8 cm³/mol.